The number of rotatable bonds is 2. The quantitative estimate of drug-likeness (QED) is 0.737. The van der Waals surface area contributed by atoms with E-state index in [1.165, 1.54) is 4.68 Å². The van der Waals surface area contributed by atoms with Crippen LogP contribution in [-0.4, -0.2) is 29.5 Å². The summed E-state index contributed by atoms with van der Waals surface area (Å²) in [5.74, 6) is 0. The molecule has 1 aromatic carbocycles. The Labute approximate surface area is 145 Å². The molecule has 0 amide bonds. The van der Waals surface area contributed by atoms with Gasteiger partial charge in [-0.25, -0.2) is 4.68 Å². The minimum Gasteiger partial charge on any atom is -0.370 e. The number of benzene rings is 1. The minimum absolute atomic E-state index is 0.0414. The van der Waals surface area contributed by atoms with Crippen LogP contribution < -0.4 is 10.5 Å². The van der Waals surface area contributed by atoms with Crippen LogP contribution in [0.15, 0.2) is 44.2 Å². The van der Waals surface area contributed by atoms with Crippen LogP contribution in [0.25, 0.3) is 0 Å². The van der Waals surface area contributed by atoms with Crippen molar-refractivity contribution >= 4 is 37.5 Å². The van der Waals surface area contributed by atoms with Crippen LogP contribution in [0.3, 0.4) is 0 Å². The summed E-state index contributed by atoms with van der Waals surface area (Å²) in [6.07, 6.45) is 1.67. The first-order valence-electron chi connectivity index (χ1n) is 6.90. The average molecular weight is 429 g/mol. The Kier molecular flexibility index (Phi) is 4.65. The van der Waals surface area contributed by atoms with E-state index in [1.807, 2.05) is 18.2 Å². The van der Waals surface area contributed by atoms with Crippen LogP contribution in [-0.2, 0) is 11.8 Å². The van der Waals surface area contributed by atoms with Gasteiger partial charge >= 0.3 is 0 Å². The molecule has 1 aromatic heterocycles. The van der Waals surface area contributed by atoms with Gasteiger partial charge in [0.25, 0.3) is 5.56 Å². The van der Waals surface area contributed by atoms with Crippen molar-refractivity contribution in [2.75, 3.05) is 24.6 Å². The maximum atomic E-state index is 12.0. The predicted octanol–water partition coefficient (Wildman–Crippen LogP) is 2.88. The molecule has 0 saturated carbocycles. The van der Waals surface area contributed by atoms with E-state index in [1.54, 1.807) is 13.2 Å². The Balaban J connectivity index is 1.90. The highest BCUT2D eigenvalue weighted by atomic mass is 79.9. The van der Waals surface area contributed by atoms with Gasteiger partial charge in [0.2, 0.25) is 0 Å². The first-order valence-corrected chi connectivity index (χ1v) is 8.49. The molecule has 22 heavy (non-hydrogen) atoms. The molecule has 116 valence electrons. The Morgan fingerprint density at radius 3 is 2.86 bits per heavy atom. The zero-order valence-corrected chi connectivity index (χ0v) is 15.2. The van der Waals surface area contributed by atoms with Gasteiger partial charge in [-0.1, -0.05) is 34.1 Å². The summed E-state index contributed by atoms with van der Waals surface area (Å²) in [6.45, 7) is 2.01. The molecular weight excluding hydrogens is 414 g/mol. The molecule has 0 spiro atoms. The lowest BCUT2D eigenvalue weighted by Crippen LogP contribution is -2.39. The molecule has 1 fully saturated rings. The second-order valence-electron chi connectivity index (χ2n) is 5.10. The number of anilines is 1. The van der Waals surface area contributed by atoms with Crippen molar-refractivity contribution in [1.29, 1.82) is 0 Å². The average Bonchev–Trinajstić information content (AvgIpc) is 2.53. The first kappa shape index (κ1) is 15.7. The van der Waals surface area contributed by atoms with Gasteiger partial charge in [0.15, 0.2) is 0 Å². The van der Waals surface area contributed by atoms with E-state index < -0.39 is 0 Å². The lowest BCUT2D eigenvalue weighted by molar-refractivity contribution is 0.0392. The molecule has 0 bridgehead atoms. The van der Waals surface area contributed by atoms with Crippen LogP contribution >= 0.6 is 31.9 Å². The van der Waals surface area contributed by atoms with Gasteiger partial charge in [-0.15, -0.1) is 0 Å². The van der Waals surface area contributed by atoms with Crippen molar-refractivity contribution < 1.29 is 4.74 Å². The molecule has 3 rings (SSSR count). The van der Waals surface area contributed by atoms with Crippen molar-refractivity contribution in [3.63, 3.8) is 0 Å². The van der Waals surface area contributed by atoms with Crippen molar-refractivity contribution in [3.05, 3.63) is 55.3 Å². The highest BCUT2D eigenvalue weighted by Crippen LogP contribution is 2.31. The summed E-state index contributed by atoms with van der Waals surface area (Å²) in [5.41, 5.74) is 1.78. The van der Waals surface area contributed by atoms with E-state index >= 15 is 0 Å². The topological polar surface area (TPSA) is 47.4 Å². The molecule has 1 aliphatic heterocycles. The highest BCUT2D eigenvalue weighted by Gasteiger charge is 2.25. The maximum absolute atomic E-state index is 12.0. The fourth-order valence-corrected chi connectivity index (χ4v) is 3.66. The minimum atomic E-state index is -0.138. The van der Waals surface area contributed by atoms with Gasteiger partial charge in [-0.2, -0.15) is 5.10 Å². The third kappa shape index (κ3) is 2.98. The second kappa shape index (κ2) is 6.52. The van der Waals surface area contributed by atoms with Gasteiger partial charge in [0.1, 0.15) is 10.6 Å². The molecule has 1 atom stereocenters. The van der Waals surface area contributed by atoms with Gasteiger partial charge in [-0.3, -0.25) is 4.79 Å². The van der Waals surface area contributed by atoms with Crippen molar-refractivity contribution in [3.8, 4) is 0 Å². The SMILES string of the molecule is Cn1ncc(N2CCOC(c3ccccc3Br)C2)c(Br)c1=O. The molecule has 1 aliphatic rings. The Morgan fingerprint density at radius 2 is 2.09 bits per heavy atom. The summed E-state index contributed by atoms with van der Waals surface area (Å²) < 4.78 is 8.79. The third-order valence-electron chi connectivity index (χ3n) is 3.72. The predicted molar refractivity (Wildman–Crippen MR) is 92.2 cm³/mol. The largest absolute Gasteiger partial charge is 0.370 e. The second-order valence-corrected chi connectivity index (χ2v) is 6.75. The maximum Gasteiger partial charge on any atom is 0.282 e. The molecule has 2 heterocycles. The van der Waals surface area contributed by atoms with Crippen LogP contribution in [0, 0.1) is 0 Å². The van der Waals surface area contributed by atoms with Gasteiger partial charge in [0, 0.05) is 24.6 Å². The number of aryl methyl sites for hydroxylation is 1. The van der Waals surface area contributed by atoms with Crippen molar-refractivity contribution in [2.24, 2.45) is 7.05 Å². The fraction of sp³-hybridized carbons (Fsp3) is 0.333. The number of hydrogen-bond donors (Lipinski definition) is 0. The molecule has 1 unspecified atom stereocenters. The molecule has 2 aromatic rings. The van der Waals surface area contributed by atoms with Crippen LogP contribution in [0.1, 0.15) is 11.7 Å². The van der Waals surface area contributed by atoms with E-state index in [9.17, 15) is 4.79 Å². The van der Waals surface area contributed by atoms with Crippen molar-refractivity contribution in [1.82, 2.24) is 9.78 Å². The Hall–Kier alpha value is -1.18. The number of halogens is 2. The summed E-state index contributed by atoms with van der Waals surface area (Å²) >= 11 is 6.96. The normalized spacial score (nSPS) is 18.5. The molecular formula is C15H15Br2N3O2. The summed E-state index contributed by atoms with van der Waals surface area (Å²) in [5, 5.41) is 4.11. The molecule has 7 heteroatoms. The highest BCUT2D eigenvalue weighted by molar-refractivity contribution is 9.10. The zero-order valence-electron chi connectivity index (χ0n) is 12.0. The van der Waals surface area contributed by atoms with E-state index in [4.69, 9.17) is 4.74 Å². The van der Waals surface area contributed by atoms with E-state index in [-0.39, 0.29) is 11.7 Å². The van der Waals surface area contributed by atoms with Crippen molar-refractivity contribution in [2.45, 2.75) is 6.10 Å². The van der Waals surface area contributed by atoms with Crippen LogP contribution in [0.5, 0.6) is 0 Å². The smallest absolute Gasteiger partial charge is 0.282 e. The lowest BCUT2D eigenvalue weighted by atomic mass is 10.1. The van der Waals surface area contributed by atoms with Gasteiger partial charge < -0.3 is 9.64 Å². The van der Waals surface area contributed by atoms with Gasteiger partial charge in [-0.05, 0) is 27.6 Å². The molecule has 0 aliphatic carbocycles. The Morgan fingerprint density at radius 1 is 1.32 bits per heavy atom. The standard InChI is InChI=1S/C15H15Br2N3O2/c1-19-15(21)14(17)12(8-18-19)20-6-7-22-13(9-20)10-4-2-3-5-11(10)16/h2-5,8,13H,6-7,9H2,1H3. The summed E-state index contributed by atoms with van der Waals surface area (Å²) in [7, 11) is 1.64. The lowest BCUT2D eigenvalue weighted by Gasteiger charge is -2.35. The first-order chi connectivity index (χ1) is 10.6. The molecule has 0 radical (unpaired) electrons. The van der Waals surface area contributed by atoms with E-state index in [2.05, 4.69) is 47.9 Å². The van der Waals surface area contributed by atoms with E-state index in [0.29, 0.717) is 17.6 Å². The van der Waals surface area contributed by atoms with Crippen LogP contribution in [0.2, 0.25) is 0 Å². The molecule has 1 saturated heterocycles. The van der Waals surface area contributed by atoms with Gasteiger partial charge in [0.05, 0.1) is 18.5 Å². The monoisotopic (exact) mass is 427 g/mol. The number of nitrogens with zero attached hydrogens (tertiary/aromatic N) is 3. The Bertz CT molecular complexity index is 748. The fourth-order valence-electron chi connectivity index (χ4n) is 2.51. The van der Waals surface area contributed by atoms with E-state index in [0.717, 1.165) is 22.3 Å². The zero-order chi connectivity index (χ0) is 15.7. The third-order valence-corrected chi connectivity index (χ3v) is 5.19. The molecule has 0 N–H and O–H groups in total. The molecule has 5 nitrogen and oxygen atoms in total. The number of hydrogen-bond acceptors (Lipinski definition) is 4. The number of aromatic nitrogens is 2. The summed E-state index contributed by atoms with van der Waals surface area (Å²) in [4.78, 5) is 14.2. The summed E-state index contributed by atoms with van der Waals surface area (Å²) in [6, 6.07) is 8.04. The number of morpholine rings is 1. The van der Waals surface area contributed by atoms with Crippen LogP contribution in [0.4, 0.5) is 5.69 Å². The number of ether oxygens (including phenoxy) is 1.